The van der Waals surface area contributed by atoms with Gasteiger partial charge in [-0.25, -0.2) is 4.57 Å². The highest BCUT2D eigenvalue weighted by Gasteiger charge is 2.27. The molecule has 0 spiro atoms. The molecular formula is C56H104N2O6P+. The fourth-order valence-corrected chi connectivity index (χ4v) is 8.20. The third-order valence-electron chi connectivity index (χ3n) is 11.7. The van der Waals surface area contributed by atoms with Gasteiger partial charge in [0.05, 0.1) is 39.9 Å². The Bertz CT molecular complexity index is 1290. The van der Waals surface area contributed by atoms with Crippen LogP contribution in [0.1, 0.15) is 226 Å². The monoisotopic (exact) mass is 932 g/mol. The molecule has 0 fully saturated rings. The van der Waals surface area contributed by atoms with E-state index in [9.17, 15) is 19.4 Å². The second-order valence-electron chi connectivity index (χ2n) is 19.2. The van der Waals surface area contributed by atoms with E-state index in [2.05, 4.69) is 79.9 Å². The Hall–Kier alpha value is -2.06. The molecule has 0 saturated carbocycles. The van der Waals surface area contributed by atoms with Gasteiger partial charge in [0.15, 0.2) is 0 Å². The van der Waals surface area contributed by atoms with Gasteiger partial charge >= 0.3 is 7.82 Å². The smallest absolute Gasteiger partial charge is 0.387 e. The van der Waals surface area contributed by atoms with Gasteiger partial charge in [-0.15, -0.1) is 0 Å². The van der Waals surface area contributed by atoms with Gasteiger partial charge in [-0.1, -0.05) is 234 Å². The topological polar surface area (TPSA) is 105 Å². The highest BCUT2D eigenvalue weighted by atomic mass is 31.2. The summed E-state index contributed by atoms with van der Waals surface area (Å²) in [5.41, 5.74) is 0. The normalized spacial score (nSPS) is 14.6. The van der Waals surface area contributed by atoms with Crippen LogP contribution in [0.3, 0.4) is 0 Å². The molecule has 0 aliphatic rings. The van der Waals surface area contributed by atoms with E-state index >= 15 is 0 Å². The lowest BCUT2D eigenvalue weighted by atomic mass is 10.0. The molecule has 0 radical (unpaired) electrons. The third kappa shape index (κ3) is 49.7. The van der Waals surface area contributed by atoms with Crippen molar-refractivity contribution >= 4 is 13.7 Å². The lowest BCUT2D eigenvalue weighted by Crippen LogP contribution is -2.45. The fourth-order valence-electron chi connectivity index (χ4n) is 7.47. The van der Waals surface area contributed by atoms with Crippen LogP contribution in [0.15, 0.2) is 72.9 Å². The summed E-state index contributed by atoms with van der Waals surface area (Å²) in [4.78, 5) is 22.9. The minimum atomic E-state index is -4.32. The van der Waals surface area contributed by atoms with E-state index in [-0.39, 0.29) is 19.1 Å². The molecule has 0 aromatic rings. The van der Waals surface area contributed by atoms with Crippen molar-refractivity contribution in [2.45, 2.75) is 238 Å². The van der Waals surface area contributed by atoms with Crippen molar-refractivity contribution in [1.82, 2.24) is 5.32 Å². The van der Waals surface area contributed by atoms with E-state index in [1.54, 1.807) is 6.08 Å². The van der Waals surface area contributed by atoms with Crippen LogP contribution in [0.5, 0.6) is 0 Å². The summed E-state index contributed by atoms with van der Waals surface area (Å²) in [7, 11) is 1.57. The van der Waals surface area contributed by atoms with Gasteiger partial charge in [-0.05, 0) is 57.8 Å². The Labute approximate surface area is 402 Å². The minimum Gasteiger partial charge on any atom is -0.387 e. The van der Waals surface area contributed by atoms with Crippen LogP contribution >= 0.6 is 7.82 Å². The number of hydrogen-bond donors (Lipinski definition) is 3. The molecular weight excluding hydrogens is 828 g/mol. The summed E-state index contributed by atoms with van der Waals surface area (Å²) in [5.74, 6) is -0.185. The number of aliphatic hydroxyl groups is 1. The molecule has 0 aliphatic carbocycles. The number of carbonyl (C=O) groups excluding carboxylic acids is 1. The van der Waals surface area contributed by atoms with Crippen LogP contribution in [0.25, 0.3) is 0 Å². The first kappa shape index (κ1) is 62.9. The number of nitrogens with zero attached hydrogens (tertiary/aromatic N) is 1. The Kier molecular flexibility index (Phi) is 45.5. The standard InChI is InChI=1S/C56H103N2O6P/c1-6-8-10-12-13-14-15-16-17-18-19-20-21-22-23-24-25-26-27-28-29-30-31-32-33-34-35-36-37-38-39-40-41-42-43-44-45-46-48-50-56(60)57-54(55(59)49-47-11-9-7-2)53-64-65(61,62)63-52-51-58(3,4)5/h8,10,13-14,16-17,19-20,22-23,47,49,54-55,59H,6-7,9,11-12,15,18,21,24-46,48,50-53H2,1-5H3,(H-,57,60,61,62)/p+1/b10-8-,14-13-,17-16-,20-19-,23-22-,49-47+. The van der Waals surface area contributed by atoms with Gasteiger partial charge in [0.1, 0.15) is 13.2 Å². The first-order valence-corrected chi connectivity index (χ1v) is 28.3. The fraction of sp³-hybridized carbons (Fsp3) is 0.768. The minimum absolute atomic E-state index is 0.0599. The van der Waals surface area contributed by atoms with E-state index in [1.807, 2.05) is 27.2 Å². The molecule has 1 amide bonds. The van der Waals surface area contributed by atoms with E-state index < -0.39 is 20.0 Å². The number of likely N-dealkylation sites (N-methyl/N-ethyl adjacent to an activating group) is 1. The third-order valence-corrected chi connectivity index (χ3v) is 12.7. The van der Waals surface area contributed by atoms with Crippen LogP contribution in [-0.4, -0.2) is 73.4 Å². The van der Waals surface area contributed by atoms with E-state index in [0.717, 1.165) is 70.6 Å². The quantitative estimate of drug-likeness (QED) is 0.0243. The van der Waals surface area contributed by atoms with Crippen molar-refractivity contribution in [1.29, 1.82) is 0 Å². The van der Waals surface area contributed by atoms with Gasteiger partial charge in [-0.2, -0.15) is 0 Å². The van der Waals surface area contributed by atoms with Crippen LogP contribution in [0.2, 0.25) is 0 Å². The zero-order valence-corrected chi connectivity index (χ0v) is 43.9. The number of carbonyl (C=O) groups is 1. The molecule has 0 aromatic carbocycles. The maximum absolute atomic E-state index is 12.8. The molecule has 3 unspecified atom stereocenters. The molecule has 0 bridgehead atoms. The summed E-state index contributed by atoms with van der Waals surface area (Å²) in [6.45, 7) is 4.55. The summed E-state index contributed by atoms with van der Waals surface area (Å²) in [6, 6.07) is -0.842. The number of nitrogens with one attached hydrogen (secondary N) is 1. The van der Waals surface area contributed by atoms with E-state index in [0.29, 0.717) is 17.4 Å². The molecule has 0 aliphatic heterocycles. The van der Waals surface area contributed by atoms with Crippen molar-refractivity contribution in [2.24, 2.45) is 0 Å². The van der Waals surface area contributed by atoms with Gasteiger partial charge in [0.2, 0.25) is 5.91 Å². The van der Waals surface area contributed by atoms with Crippen molar-refractivity contribution < 1.29 is 32.9 Å². The molecule has 0 aromatic heterocycles. The number of allylic oxidation sites excluding steroid dienone is 11. The number of unbranched alkanes of at least 4 members (excludes halogenated alkanes) is 25. The molecule has 3 N–H and O–H groups in total. The molecule has 65 heavy (non-hydrogen) atoms. The number of phosphoric acid groups is 1. The average molecular weight is 932 g/mol. The maximum Gasteiger partial charge on any atom is 0.472 e. The summed E-state index contributed by atoms with van der Waals surface area (Å²) in [5, 5.41) is 13.6. The van der Waals surface area contributed by atoms with Crippen LogP contribution in [0.4, 0.5) is 0 Å². The predicted octanol–water partition coefficient (Wildman–Crippen LogP) is 15.9. The number of amides is 1. The highest BCUT2D eigenvalue weighted by Crippen LogP contribution is 2.43. The molecule has 0 saturated heterocycles. The number of phosphoric ester groups is 1. The zero-order valence-electron chi connectivity index (χ0n) is 43.0. The average Bonchev–Trinajstić information content (AvgIpc) is 3.26. The van der Waals surface area contributed by atoms with Gasteiger partial charge in [0.25, 0.3) is 0 Å². The number of quaternary nitrogens is 1. The van der Waals surface area contributed by atoms with Crippen molar-refractivity contribution in [3.8, 4) is 0 Å². The van der Waals surface area contributed by atoms with Crippen molar-refractivity contribution in [3.05, 3.63) is 72.9 Å². The Balaban J connectivity index is 3.68. The number of rotatable bonds is 48. The molecule has 0 heterocycles. The van der Waals surface area contributed by atoms with Crippen molar-refractivity contribution in [3.63, 3.8) is 0 Å². The first-order valence-electron chi connectivity index (χ1n) is 26.8. The van der Waals surface area contributed by atoms with Crippen LogP contribution in [0, 0.1) is 0 Å². The summed E-state index contributed by atoms with van der Waals surface area (Å²) in [6.07, 6.45) is 65.2. The van der Waals surface area contributed by atoms with Crippen molar-refractivity contribution in [2.75, 3.05) is 40.9 Å². The van der Waals surface area contributed by atoms with Gasteiger partial charge in [-0.3, -0.25) is 13.8 Å². The molecule has 3 atom stereocenters. The number of hydrogen-bond acceptors (Lipinski definition) is 5. The maximum atomic E-state index is 12.8. The lowest BCUT2D eigenvalue weighted by Gasteiger charge is -2.25. The van der Waals surface area contributed by atoms with E-state index in [4.69, 9.17) is 9.05 Å². The second-order valence-corrected chi connectivity index (χ2v) is 20.7. The summed E-state index contributed by atoms with van der Waals surface area (Å²) >= 11 is 0. The predicted molar refractivity (Wildman–Crippen MR) is 281 cm³/mol. The largest absolute Gasteiger partial charge is 0.472 e. The van der Waals surface area contributed by atoms with Gasteiger partial charge in [0, 0.05) is 6.42 Å². The van der Waals surface area contributed by atoms with Crippen LogP contribution in [-0.2, 0) is 18.4 Å². The number of aliphatic hydroxyl groups excluding tert-OH is 1. The molecule has 8 nitrogen and oxygen atoms in total. The van der Waals surface area contributed by atoms with Crippen LogP contribution < -0.4 is 5.32 Å². The highest BCUT2D eigenvalue weighted by molar-refractivity contribution is 7.47. The van der Waals surface area contributed by atoms with Gasteiger partial charge < -0.3 is 19.8 Å². The Morgan fingerprint density at radius 1 is 0.538 bits per heavy atom. The molecule has 378 valence electrons. The lowest BCUT2D eigenvalue weighted by molar-refractivity contribution is -0.870. The Morgan fingerprint density at radius 2 is 0.923 bits per heavy atom. The molecule has 0 rings (SSSR count). The first-order chi connectivity index (χ1) is 31.5. The summed E-state index contributed by atoms with van der Waals surface area (Å²) < 4.78 is 23.3. The molecule has 9 heteroatoms. The zero-order chi connectivity index (χ0) is 47.8. The SMILES string of the molecule is CC/C=C\C/C=C\C/C=C\C/C=C\C/C=C\CCCCCCCCCCCCCCCCCCCCCCCCCC(=O)NC(COP(=O)(O)OCC[N+](C)(C)C)C(O)/C=C/CCCC. The Morgan fingerprint density at radius 3 is 1.34 bits per heavy atom. The second kappa shape index (κ2) is 47.0. The van der Waals surface area contributed by atoms with E-state index in [1.165, 1.54) is 135 Å².